The van der Waals surface area contributed by atoms with Crippen LogP contribution in [-0.4, -0.2) is 51.9 Å². The molecule has 1 aromatic heterocycles. The largest absolute Gasteiger partial charge is 0.493 e. The number of aromatic nitrogens is 1. The lowest BCUT2D eigenvalue weighted by Crippen LogP contribution is -2.37. The Morgan fingerprint density at radius 2 is 1.60 bits per heavy atom. The second kappa shape index (κ2) is 12.4. The third-order valence-electron chi connectivity index (χ3n) is 7.37. The van der Waals surface area contributed by atoms with Gasteiger partial charge in [-0.05, 0) is 73.8 Å². The van der Waals surface area contributed by atoms with Crippen molar-refractivity contribution in [1.29, 1.82) is 0 Å². The number of methoxy groups -OCH3 is 2. The van der Waals surface area contributed by atoms with Crippen LogP contribution in [0.15, 0.2) is 76.5 Å². The zero-order valence-corrected chi connectivity index (χ0v) is 25.3. The summed E-state index contributed by atoms with van der Waals surface area (Å²) in [5, 5.41) is 0.746. The molecule has 0 aliphatic heterocycles. The minimum absolute atomic E-state index is 0.0460. The van der Waals surface area contributed by atoms with Crippen LogP contribution in [0.1, 0.15) is 44.4 Å². The van der Waals surface area contributed by atoms with Crippen LogP contribution in [0, 0.1) is 0 Å². The molecule has 0 saturated carbocycles. The van der Waals surface area contributed by atoms with E-state index >= 15 is 0 Å². The molecule has 0 spiro atoms. The minimum Gasteiger partial charge on any atom is -0.493 e. The summed E-state index contributed by atoms with van der Waals surface area (Å²) < 4.78 is 46.9. The molecule has 4 rings (SSSR count). The quantitative estimate of drug-likeness (QED) is 0.185. The van der Waals surface area contributed by atoms with Crippen LogP contribution in [0.4, 0.5) is 0 Å². The SMILES string of the molecule is CCC(Oc1ccc(S(=O)(=O)c2c(C(C)C)n(C)c3ccccc23)cc1)N(C)CCc1ccc(OC)c(OC)c1. The molecule has 0 fully saturated rings. The molecule has 7 nitrogen and oxygen atoms in total. The maximum atomic E-state index is 13.9. The van der Waals surface area contributed by atoms with Crippen molar-refractivity contribution < 1.29 is 22.6 Å². The van der Waals surface area contributed by atoms with Crippen LogP contribution in [0.25, 0.3) is 10.9 Å². The van der Waals surface area contributed by atoms with Crippen LogP contribution in [0.5, 0.6) is 17.2 Å². The molecular formula is C32H40N2O5S. The topological polar surface area (TPSA) is 70.0 Å². The fraction of sp³-hybridized carbons (Fsp3) is 0.375. The molecule has 1 heterocycles. The molecule has 40 heavy (non-hydrogen) atoms. The first-order chi connectivity index (χ1) is 19.1. The fourth-order valence-electron chi connectivity index (χ4n) is 5.25. The Morgan fingerprint density at radius 3 is 2.23 bits per heavy atom. The predicted molar refractivity (Wildman–Crippen MR) is 159 cm³/mol. The summed E-state index contributed by atoms with van der Waals surface area (Å²) in [6.45, 7) is 6.90. The molecule has 3 aromatic carbocycles. The summed E-state index contributed by atoms with van der Waals surface area (Å²) in [5.74, 6) is 2.10. The van der Waals surface area contributed by atoms with E-state index in [0.717, 1.165) is 41.5 Å². The number of benzene rings is 3. The highest BCUT2D eigenvalue weighted by Gasteiger charge is 2.29. The molecule has 0 aliphatic rings. The Kier molecular flexibility index (Phi) is 9.11. The molecule has 0 aliphatic carbocycles. The smallest absolute Gasteiger partial charge is 0.209 e. The number of nitrogens with zero attached hydrogens (tertiary/aromatic N) is 2. The number of rotatable bonds is 12. The van der Waals surface area contributed by atoms with E-state index in [4.69, 9.17) is 14.2 Å². The lowest BCUT2D eigenvalue weighted by atomic mass is 10.1. The minimum atomic E-state index is -3.74. The first-order valence-electron chi connectivity index (χ1n) is 13.6. The van der Waals surface area contributed by atoms with Crippen molar-refractivity contribution in [3.05, 3.63) is 78.0 Å². The van der Waals surface area contributed by atoms with Gasteiger partial charge in [0.05, 0.1) is 19.1 Å². The van der Waals surface area contributed by atoms with E-state index in [-0.39, 0.29) is 17.0 Å². The number of likely N-dealkylation sites (N-methyl/N-ethyl adjacent to an activating group) is 1. The van der Waals surface area contributed by atoms with Crippen LogP contribution < -0.4 is 14.2 Å². The number of fused-ring (bicyclic) bond motifs is 1. The van der Waals surface area contributed by atoms with Crippen LogP contribution in [0.2, 0.25) is 0 Å². The zero-order chi connectivity index (χ0) is 29.0. The predicted octanol–water partition coefficient (Wildman–Crippen LogP) is 6.44. The molecule has 0 radical (unpaired) electrons. The van der Waals surface area contributed by atoms with Crippen LogP contribution >= 0.6 is 0 Å². The van der Waals surface area contributed by atoms with Crippen molar-refractivity contribution in [2.24, 2.45) is 7.05 Å². The van der Waals surface area contributed by atoms with Crippen LogP contribution in [-0.2, 0) is 23.3 Å². The van der Waals surface area contributed by atoms with Crippen molar-refractivity contribution in [2.75, 3.05) is 27.8 Å². The first kappa shape index (κ1) is 29.5. The summed E-state index contributed by atoms with van der Waals surface area (Å²) in [5.41, 5.74) is 2.86. The Labute approximate surface area is 238 Å². The van der Waals surface area contributed by atoms with E-state index in [0.29, 0.717) is 22.1 Å². The lowest BCUT2D eigenvalue weighted by molar-refractivity contribution is 0.0427. The number of para-hydroxylation sites is 1. The van der Waals surface area contributed by atoms with E-state index < -0.39 is 9.84 Å². The van der Waals surface area contributed by atoms with Gasteiger partial charge in [-0.1, -0.05) is 45.0 Å². The Balaban J connectivity index is 1.50. The third-order valence-corrected chi connectivity index (χ3v) is 9.23. The highest BCUT2D eigenvalue weighted by Crippen LogP contribution is 2.37. The summed E-state index contributed by atoms with van der Waals surface area (Å²) in [6, 6.07) is 20.4. The molecule has 0 amide bonds. The number of hydrogen-bond donors (Lipinski definition) is 0. The van der Waals surface area contributed by atoms with Crippen molar-refractivity contribution in [3.8, 4) is 17.2 Å². The first-order valence-corrected chi connectivity index (χ1v) is 15.1. The van der Waals surface area contributed by atoms with Gasteiger partial charge in [0.1, 0.15) is 10.6 Å². The normalized spacial score (nSPS) is 12.7. The average molecular weight is 565 g/mol. The average Bonchev–Trinajstić information content (AvgIpc) is 3.28. The van der Waals surface area contributed by atoms with Gasteiger partial charge in [0, 0.05) is 30.2 Å². The van der Waals surface area contributed by atoms with Gasteiger partial charge < -0.3 is 18.8 Å². The summed E-state index contributed by atoms with van der Waals surface area (Å²) >= 11 is 0. The van der Waals surface area contributed by atoms with Gasteiger partial charge in [-0.3, -0.25) is 4.90 Å². The number of hydrogen-bond acceptors (Lipinski definition) is 6. The number of sulfone groups is 1. The molecule has 1 unspecified atom stereocenters. The van der Waals surface area contributed by atoms with E-state index in [1.807, 2.05) is 75.0 Å². The van der Waals surface area contributed by atoms with Gasteiger partial charge in [0.2, 0.25) is 9.84 Å². The molecule has 4 aromatic rings. The Hall–Kier alpha value is -3.49. The summed E-state index contributed by atoms with van der Waals surface area (Å²) in [7, 11) is 3.48. The van der Waals surface area contributed by atoms with E-state index in [1.165, 1.54) is 0 Å². The van der Waals surface area contributed by atoms with Crippen molar-refractivity contribution in [2.45, 2.75) is 55.5 Å². The van der Waals surface area contributed by atoms with Gasteiger partial charge >= 0.3 is 0 Å². The molecule has 1 atom stereocenters. The Bertz CT molecular complexity index is 1560. The van der Waals surface area contributed by atoms with E-state index in [2.05, 4.69) is 11.8 Å². The highest BCUT2D eigenvalue weighted by molar-refractivity contribution is 7.91. The molecular weight excluding hydrogens is 524 g/mol. The van der Waals surface area contributed by atoms with Crippen molar-refractivity contribution >= 4 is 20.7 Å². The van der Waals surface area contributed by atoms with Gasteiger partial charge in [0.15, 0.2) is 17.7 Å². The second-order valence-corrected chi connectivity index (χ2v) is 12.2. The molecule has 214 valence electrons. The van der Waals surface area contributed by atoms with Crippen molar-refractivity contribution in [1.82, 2.24) is 9.47 Å². The monoisotopic (exact) mass is 564 g/mol. The number of ether oxygens (including phenoxy) is 3. The van der Waals surface area contributed by atoms with E-state index in [9.17, 15) is 8.42 Å². The maximum Gasteiger partial charge on any atom is 0.209 e. The van der Waals surface area contributed by atoms with Crippen molar-refractivity contribution in [3.63, 3.8) is 0 Å². The summed E-state index contributed by atoms with van der Waals surface area (Å²) in [4.78, 5) is 2.80. The molecule has 8 heteroatoms. The van der Waals surface area contributed by atoms with Gasteiger partial charge in [0.25, 0.3) is 0 Å². The maximum absolute atomic E-state index is 13.9. The summed E-state index contributed by atoms with van der Waals surface area (Å²) in [6.07, 6.45) is 1.43. The van der Waals surface area contributed by atoms with Gasteiger partial charge in [-0.15, -0.1) is 0 Å². The number of aryl methyl sites for hydroxylation is 1. The standard InChI is InChI=1S/C32H40N2O5S/c1-8-30(33(4)20-19-23-13-18-28(37-6)29(21-23)38-7)39-24-14-16-25(17-15-24)40(35,36)32-26-11-9-10-12-27(26)34(5)31(32)22(2)3/h9-18,21-22,30H,8,19-20H2,1-7H3. The molecule has 0 N–H and O–H groups in total. The highest BCUT2D eigenvalue weighted by atomic mass is 32.2. The van der Waals surface area contributed by atoms with E-state index in [1.54, 1.807) is 38.5 Å². The third kappa shape index (κ3) is 5.83. The lowest BCUT2D eigenvalue weighted by Gasteiger charge is -2.28. The molecule has 0 bridgehead atoms. The second-order valence-electron chi connectivity index (χ2n) is 10.3. The van der Waals surface area contributed by atoms with Gasteiger partial charge in [-0.25, -0.2) is 8.42 Å². The van der Waals surface area contributed by atoms with Gasteiger partial charge in [-0.2, -0.15) is 0 Å². The zero-order valence-electron chi connectivity index (χ0n) is 24.5. The Morgan fingerprint density at radius 1 is 0.925 bits per heavy atom. The molecule has 0 saturated heterocycles. The van der Waals surface area contributed by atoms with Crippen LogP contribution in [0.3, 0.4) is 0 Å². The fourth-order valence-corrected chi connectivity index (χ4v) is 7.09.